The van der Waals surface area contributed by atoms with Crippen molar-refractivity contribution in [2.75, 3.05) is 13.1 Å². The largest absolute Gasteiger partial charge is 0.478 e. The second-order valence-corrected chi connectivity index (χ2v) is 6.03. The van der Waals surface area contributed by atoms with E-state index in [9.17, 15) is 9.59 Å². The Hall–Kier alpha value is -1.11. The molecular weight excluding hydrogens is 357 g/mol. The van der Waals surface area contributed by atoms with Crippen molar-refractivity contribution in [1.82, 2.24) is 4.90 Å². The van der Waals surface area contributed by atoms with Crippen molar-refractivity contribution in [1.29, 1.82) is 0 Å². The second kappa shape index (κ2) is 5.90. The number of carboxylic acid groups (broad SMARTS) is 1. The van der Waals surface area contributed by atoms with E-state index in [1.807, 2.05) is 27.5 Å². The number of piperidine rings is 1. The van der Waals surface area contributed by atoms with Crippen molar-refractivity contribution in [2.24, 2.45) is 5.92 Å². The molecule has 0 radical (unpaired) electrons. The van der Waals surface area contributed by atoms with Crippen molar-refractivity contribution < 1.29 is 14.7 Å². The van der Waals surface area contributed by atoms with Crippen LogP contribution in [0.2, 0.25) is 0 Å². The van der Waals surface area contributed by atoms with Crippen LogP contribution in [0.25, 0.3) is 0 Å². The predicted octanol–water partition coefficient (Wildman–Crippen LogP) is 2.86. The molecule has 102 valence electrons. The Balaban J connectivity index is 2.24. The molecule has 1 aliphatic rings. The average molecular weight is 373 g/mol. The predicted molar refractivity (Wildman–Crippen MR) is 80.4 cm³/mol. The molecule has 1 amide bonds. The van der Waals surface area contributed by atoms with Crippen molar-refractivity contribution in [3.63, 3.8) is 0 Å². The van der Waals surface area contributed by atoms with E-state index in [4.69, 9.17) is 5.11 Å². The van der Waals surface area contributed by atoms with Crippen LogP contribution in [0, 0.1) is 9.49 Å². The Morgan fingerprint density at radius 3 is 2.42 bits per heavy atom. The second-order valence-electron chi connectivity index (χ2n) is 4.95. The van der Waals surface area contributed by atoms with Gasteiger partial charge >= 0.3 is 5.97 Å². The van der Waals surface area contributed by atoms with Crippen LogP contribution < -0.4 is 0 Å². The summed E-state index contributed by atoms with van der Waals surface area (Å²) in [5.74, 6) is -0.390. The van der Waals surface area contributed by atoms with Crippen LogP contribution in [0.3, 0.4) is 0 Å². The highest BCUT2D eigenvalue weighted by atomic mass is 127. The fourth-order valence-corrected chi connectivity index (χ4v) is 3.07. The molecule has 1 aromatic rings. The lowest BCUT2D eigenvalue weighted by Crippen LogP contribution is -2.38. The average Bonchev–Trinajstić information content (AvgIpc) is 2.38. The van der Waals surface area contributed by atoms with Gasteiger partial charge in [-0.2, -0.15) is 0 Å². The Bertz CT molecular complexity index is 507. The molecule has 1 aromatic carbocycles. The maximum atomic E-state index is 12.4. The van der Waals surface area contributed by atoms with Crippen LogP contribution >= 0.6 is 22.6 Å². The van der Waals surface area contributed by atoms with Gasteiger partial charge in [0, 0.05) is 16.7 Å². The third kappa shape index (κ3) is 3.08. The van der Waals surface area contributed by atoms with E-state index in [1.54, 1.807) is 12.1 Å². The molecule has 1 heterocycles. The van der Waals surface area contributed by atoms with Gasteiger partial charge in [-0.1, -0.05) is 13.0 Å². The molecule has 4 nitrogen and oxygen atoms in total. The van der Waals surface area contributed by atoms with Crippen LogP contribution in [-0.4, -0.2) is 35.0 Å². The fraction of sp³-hybridized carbons (Fsp3) is 0.429. The van der Waals surface area contributed by atoms with Gasteiger partial charge in [0.05, 0.1) is 11.1 Å². The third-order valence-corrected chi connectivity index (χ3v) is 4.69. The van der Waals surface area contributed by atoms with Crippen LogP contribution in [0.15, 0.2) is 18.2 Å². The summed E-state index contributed by atoms with van der Waals surface area (Å²) in [6.07, 6.45) is 2.03. The first-order valence-corrected chi connectivity index (χ1v) is 7.39. The summed E-state index contributed by atoms with van der Waals surface area (Å²) in [7, 11) is 0. The Morgan fingerprint density at radius 1 is 1.26 bits per heavy atom. The number of carbonyl (C=O) groups is 2. The highest BCUT2D eigenvalue weighted by Crippen LogP contribution is 2.22. The molecule has 5 heteroatoms. The molecule has 0 bridgehead atoms. The van der Waals surface area contributed by atoms with Crippen LogP contribution in [-0.2, 0) is 0 Å². The molecule has 1 saturated heterocycles. The molecule has 0 aliphatic carbocycles. The van der Waals surface area contributed by atoms with E-state index in [-0.39, 0.29) is 11.5 Å². The number of rotatable bonds is 2. The topological polar surface area (TPSA) is 57.6 Å². The quantitative estimate of drug-likeness (QED) is 0.812. The van der Waals surface area contributed by atoms with Gasteiger partial charge in [-0.3, -0.25) is 4.79 Å². The number of hydrogen-bond donors (Lipinski definition) is 1. The van der Waals surface area contributed by atoms with Gasteiger partial charge in [0.1, 0.15) is 0 Å². The van der Waals surface area contributed by atoms with Gasteiger partial charge < -0.3 is 10.0 Å². The maximum absolute atomic E-state index is 12.4. The molecular formula is C14H16INO3. The van der Waals surface area contributed by atoms with E-state index in [1.165, 1.54) is 6.07 Å². The number of carboxylic acids is 1. The first-order chi connectivity index (χ1) is 9.00. The van der Waals surface area contributed by atoms with E-state index in [0.29, 0.717) is 15.1 Å². The summed E-state index contributed by atoms with van der Waals surface area (Å²) in [4.78, 5) is 25.3. The van der Waals surface area contributed by atoms with E-state index >= 15 is 0 Å². The zero-order valence-corrected chi connectivity index (χ0v) is 12.9. The van der Waals surface area contributed by atoms with Crippen molar-refractivity contribution >= 4 is 34.5 Å². The summed E-state index contributed by atoms with van der Waals surface area (Å²) >= 11 is 1.94. The molecule has 1 fully saturated rings. The molecule has 0 spiro atoms. The summed E-state index contributed by atoms with van der Waals surface area (Å²) < 4.78 is 0.524. The highest BCUT2D eigenvalue weighted by molar-refractivity contribution is 14.1. The van der Waals surface area contributed by atoms with Gasteiger partial charge in [-0.15, -0.1) is 0 Å². The first-order valence-electron chi connectivity index (χ1n) is 6.31. The molecule has 0 atom stereocenters. The Morgan fingerprint density at radius 2 is 1.84 bits per heavy atom. The van der Waals surface area contributed by atoms with Crippen LogP contribution in [0.4, 0.5) is 0 Å². The standard InChI is InChI=1S/C14H16INO3/c1-9-5-7-16(8-6-9)13(17)10-3-2-4-11(12(10)15)14(18)19/h2-4,9H,5-8H2,1H3,(H,18,19). The van der Waals surface area contributed by atoms with Crippen molar-refractivity contribution in [3.8, 4) is 0 Å². The van der Waals surface area contributed by atoms with Gasteiger partial charge in [0.25, 0.3) is 5.91 Å². The van der Waals surface area contributed by atoms with Gasteiger partial charge in [-0.25, -0.2) is 4.79 Å². The number of carbonyl (C=O) groups excluding carboxylic acids is 1. The number of halogens is 1. The van der Waals surface area contributed by atoms with Crippen LogP contribution in [0.1, 0.15) is 40.5 Å². The Labute approximate surface area is 125 Å². The normalized spacial score (nSPS) is 16.4. The number of nitrogens with zero attached hydrogens (tertiary/aromatic N) is 1. The number of hydrogen-bond acceptors (Lipinski definition) is 2. The summed E-state index contributed by atoms with van der Waals surface area (Å²) in [6, 6.07) is 4.86. The molecule has 0 saturated carbocycles. The maximum Gasteiger partial charge on any atom is 0.336 e. The monoisotopic (exact) mass is 373 g/mol. The third-order valence-electron chi connectivity index (χ3n) is 3.53. The lowest BCUT2D eigenvalue weighted by molar-refractivity contribution is 0.0694. The van der Waals surface area contributed by atoms with Gasteiger partial charge in [-0.05, 0) is 53.5 Å². The fourth-order valence-electron chi connectivity index (χ4n) is 2.24. The van der Waals surface area contributed by atoms with Gasteiger partial charge in [0.2, 0.25) is 0 Å². The highest BCUT2D eigenvalue weighted by Gasteiger charge is 2.24. The summed E-state index contributed by atoms with van der Waals surface area (Å²) in [5, 5.41) is 9.09. The summed E-state index contributed by atoms with van der Waals surface area (Å²) in [6.45, 7) is 3.71. The lowest BCUT2D eigenvalue weighted by atomic mass is 9.98. The van der Waals surface area contributed by atoms with E-state index < -0.39 is 5.97 Å². The number of benzene rings is 1. The van der Waals surface area contributed by atoms with E-state index in [0.717, 1.165) is 25.9 Å². The van der Waals surface area contributed by atoms with E-state index in [2.05, 4.69) is 6.92 Å². The zero-order valence-electron chi connectivity index (χ0n) is 10.7. The van der Waals surface area contributed by atoms with Crippen molar-refractivity contribution in [3.05, 3.63) is 32.9 Å². The molecule has 2 rings (SSSR count). The summed E-state index contributed by atoms with van der Waals surface area (Å²) in [5.41, 5.74) is 0.687. The molecule has 0 aromatic heterocycles. The number of amides is 1. The minimum atomic E-state index is -0.994. The SMILES string of the molecule is CC1CCN(C(=O)c2cccc(C(=O)O)c2I)CC1. The number of aromatic carboxylic acids is 1. The Kier molecular flexibility index (Phi) is 4.44. The lowest BCUT2D eigenvalue weighted by Gasteiger charge is -2.30. The zero-order chi connectivity index (χ0) is 14.0. The smallest absolute Gasteiger partial charge is 0.336 e. The first kappa shape index (κ1) is 14.3. The van der Waals surface area contributed by atoms with Crippen LogP contribution in [0.5, 0.6) is 0 Å². The minimum Gasteiger partial charge on any atom is -0.478 e. The molecule has 19 heavy (non-hydrogen) atoms. The minimum absolute atomic E-state index is 0.0561. The van der Waals surface area contributed by atoms with Crippen molar-refractivity contribution in [2.45, 2.75) is 19.8 Å². The molecule has 1 aliphatic heterocycles. The van der Waals surface area contributed by atoms with Gasteiger partial charge in [0.15, 0.2) is 0 Å². The number of likely N-dealkylation sites (tertiary alicyclic amines) is 1. The molecule has 0 unspecified atom stereocenters. The molecule has 1 N–H and O–H groups in total.